The summed E-state index contributed by atoms with van der Waals surface area (Å²) in [7, 11) is 0. The first kappa shape index (κ1) is 12.4. The maximum atomic E-state index is 5.67. The summed E-state index contributed by atoms with van der Waals surface area (Å²) in [5.41, 5.74) is 6.61. The van der Waals surface area contributed by atoms with Gasteiger partial charge >= 0.3 is 0 Å². The highest BCUT2D eigenvalue weighted by atomic mass is 32.1. The molecule has 1 aromatic heterocycles. The molecule has 2 aliphatic carbocycles. The van der Waals surface area contributed by atoms with Crippen LogP contribution in [0.15, 0.2) is 6.20 Å². The Labute approximate surface area is 113 Å². The average molecular weight is 265 g/mol. The Morgan fingerprint density at radius 2 is 2.28 bits per heavy atom. The molecule has 2 bridgehead atoms. The van der Waals surface area contributed by atoms with Crippen molar-refractivity contribution in [3.63, 3.8) is 0 Å². The topological polar surface area (TPSA) is 50.9 Å². The van der Waals surface area contributed by atoms with Crippen LogP contribution < -0.4 is 11.1 Å². The van der Waals surface area contributed by atoms with Crippen molar-refractivity contribution in [1.29, 1.82) is 0 Å². The molecular weight excluding hydrogens is 242 g/mol. The first-order valence-electron chi connectivity index (χ1n) is 6.87. The van der Waals surface area contributed by atoms with Crippen molar-refractivity contribution >= 4 is 16.5 Å². The molecule has 1 aromatic rings. The molecule has 3 rings (SSSR count). The zero-order valence-corrected chi connectivity index (χ0v) is 12.3. The maximum absolute atomic E-state index is 5.67. The zero-order valence-electron chi connectivity index (χ0n) is 11.5. The van der Waals surface area contributed by atoms with E-state index in [1.807, 2.05) is 6.20 Å². The molecule has 3 N–H and O–H groups in total. The van der Waals surface area contributed by atoms with E-state index >= 15 is 0 Å². The van der Waals surface area contributed by atoms with Gasteiger partial charge in [0.25, 0.3) is 0 Å². The molecule has 0 amide bonds. The van der Waals surface area contributed by atoms with Crippen LogP contribution in [0.3, 0.4) is 0 Å². The number of nitrogens with one attached hydrogen (secondary N) is 1. The first-order chi connectivity index (χ1) is 8.43. The standard InChI is InChI=1S/C14H23N3S/c1-13(2)9-4-5-14(13,3)11(6-9)16-7-10-8-17-12(15)18-10/h8-9,11,16H,4-7H2,1-3H3,(H2,15,17). The smallest absolute Gasteiger partial charge is 0.180 e. The van der Waals surface area contributed by atoms with Crippen LogP contribution in [0.5, 0.6) is 0 Å². The lowest BCUT2D eigenvalue weighted by Crippen LogP contribution is -2.44. The molecule has 4 heteroatoms. The third-order valence-electron chi connectivity index (χ3n) is 5.89. The molecule has 0 saturated heterocycles. The second-order valence-electron chi connectivity index (χ2n) is 6.71. The third kappa shape index (κ3) is 1.62. The Morgan fingerprint density at radius 1 is 1.50 bits per heavy atom. The number of hydrogen-bond donors (Lipinski definition) is 2. The molecule has 0 spiro atoms. The highest BCUT2D eigenvalue weighted by molar-refractivity contribution is 7.15. The summed E-state index contributed by atoms with van der Waals surface area (Å²) < 4.78 is 0. The van der Waals surface area contributed by atoms with Crippen molar-refractivity contribution in [3.8, 4) is 0 Å². The fraction of sp³-hybridized carbons (Fsp3) is 0.786. The Kier molecular flexibility index (Phi) is 2.72. The number of fused-ring (bicyclic) bond motifs is 2. The predicted octanol–water partition coefficient (Wildman–Crippen LogP) is 3.03. The number of aromatic nitrogens is 1. The average Bonchev–Trinajstić information content (AvgIpc) is 2.87. The van der Waals surface area contributed by atoms with Gasteiger partial charge < -0.3 is 11.1 Å². The molecular formula is C14H23N3S. The monoisotopic (exact) mass is 265 g/mol. The Balaban J connectivity index is 1.69. The molecule has 2 saturated carbocycles. The number of rotatable bonds is 3. The van der Waals surface area contributed by atoms with Gasteiger partial charge in [0.05, 0.1) is 0 Å². The van der Waals surface area contributed by atoms with Crippen LogP contribution in [0.4, 0.5) is 5.13 Å². The van der Waals surface area contributed by atoms with Crippen molar-refractivity contribution in [3.05, 3.63) is 11.1 Å². The molecule has 2 aliphatic rings. The van der Waals surface area contributed by atoms with E-state index in [0.717, 1.165) is 12.5 Å². The SMILES string of the molecule is CC1(C)C2CCC1(C)C(NCc1cnc(N)s1)C2. The van der Waals surface area contributed by atoms with Crippen molar-refractivity contribution in [2.45, 2.75) is 52.6 Å². The molecule has 3 nitrogen and oxygen atoms in total. The number of thiazole rings is 1. The van der Waals surface area contributed by atoms with Gasteiger partial charge in [-0.05, 0) is 36.0 Å². The predicted molar refractivity (Wildman–Crippen MR) is 76.4 cm³/mol. The van der Waals surface area contributed by atoms with Crippen LogP contribution >= 0.6 is 11.3 Å². The quantitative estimate of drug-likeness (QED) is 0.883. The maximum Gasteiger partial charge on any atom is 0.180 e. The van der Waals surface area contributed by atoms with Gasteiger partial charge in [0.15, 0.2) is 5.13 Å². The van der Waals surface area contributed by atoms with Gasteiger partial charge in [-0.25, -0.2) is 4.98 Å². The third-order valence-corrected chi connectivity index (χ3v) is 6.71. The van der Waals surface area contributed by atoms with Gasteiger partial charge in [0.1, 0.15) is 0 Å². The van der Waals surface area contributed by atoms with Crippen LogP contribution in [-0.2, 0) is 6.54 Å². The van der Waals surface area contributed by atoms with E-state index in [4.69, 9.17) is 5.73 Å². The molecule has 100 valence electrons. The fourth-order valence-electron chi connectivity index (χ4n) is 4.14. The summed E-state index contributed by atoms with van der Waals surface area (Å²) in [6, 6.07) is 0.648. The lowest BCUT2D eigenvalue weighted by Gasteiger charge is -2.39. The van der Waals surface area contributed by atoms with Gasteiger partial charge in [0, 0.05) is 23.7 Å². The van der Waals surface area contributed by atoms with E-state index in [1.54, 1.807) is 11.3 Å². The first-order valence-corrected chi connectivity index (χ1v) is 7.69. The van der Waals surface area contributed by atoms with Gasteiger partial charge in [-0.3, -0.25) is 0 Å². The summed E-state index contributed by atoms with van der Waals surface area (Å²) >= 11 is 1.59. The molecule has 18 heavy (non-hydrogen) atoms. The summed E-state index contributed by atoms with van der Waals surface area (Å²) in [4.78, 5) is 5.36. The summed E-state index contributed by atoms with van der Waals surface area (Å²) in [5.74, 6) is 0.895. The molecule has 0 aliphatic heterocycles. The minimum atomic E-state index is 0.452. The molecule has 3 unspecified atom stereocenters. The number of nitrogens with zero attached hydrogens (tertiary/aromatic N) is 1. The summed E-state index contributed by atoms with van der Waals surface area (Å²) in [6.07, 6.45) is 6.01. The van der Waals surface area contributed by atoms with E-state index in [0.29, 0.717) is 22.0 Å². The van der Waals surface area contributed by atoms with E-state index in [2.05, 4.69) is 31.1 Å². The Hall–Kier alpha value is -0.610. The van der Waals surface area contributed by atoms with E-state index < -0.39 is 0 Å². The van der Waals surface area contributed by atoms with Gasteiger partial charge in [0.2, 0.25) is 0 Å². The van der Waals surface area contributed by atoms with E-state index in [-0.39, 0.29) is 0 Å². The summed E-state index contributed by atoms with van der Waals surface area (Å²) in [6.45, 7) is 8.30. The number of anilines is 1. The van der Waals surface area contributed by atoms with Crippen LogP contribution in [-0.4, -0.2) is 11.0 Å². The van der Waals surface area contributed by atoms with Crippen molar-refractivity contribution in [2.75, 3.05) is 5.73 Å². The number of nitrogens with two attached hydrogens (primary N) is 1. The highest BCUT2D eigenvalue weighted by Crippen LogP contribution is 2.65. The largest absolute Gasteiger partial charge is 0.375 e. The van der Waals surface area contributed by atoms with Gasteiger partial charge in [-0.2, -0.15) is 0 Å². The van der Waals surface area contributed by atoms with Crippen molar-refractivity contribution in [1.82, 2.24) is 10.3 Å². The fourth-order valence-corrected chi connectivity index (χ4v) is 4.78. The zero-order chi connectivity index (χ0) is 13.0. The number of hydrogen-bond acceptors (Lipinski definition) is 4. The highest BCUT2D eigenvalue weighted by Gasteiger charge is 2.60. The minimum Gasteiger partial charge on any atom is -0.375 e. The summed E-state index contributed by atoms with van der Waals surface area (Å²) in [5, 5.41) is 4.43. The van der Waals surface area contributed by atoms with Crippen LogP contribution in [0.25, 0.3) is 0 Å². The molecule has 1 heterocycles. The van der Waals surface area contributed by atoms with E-state index in [1.165, 1.54) is 24.1 Å². The Morgan fingerprint density at radius 3 is 2.78 bits per heavy atom. The lowest BCUT2D eigenvalue weighted by molar-refractivity contribution is 0.120. The van der Waals surface area contributed by atoms with E-state index in [9.17, 15) is 0 Å². The van der Waals surface area contributed by atoms with Gasteiger partial charge in [-0.15, -0.1) is 11.3 Å². The molecule has 3 atom stereocenters. The molecule has 0 radical (unpaired) electrons. The lowest BCUT2D eigenvalue weighted by atomic mass is 9.69. The second kappa shape index (κ2) is 3.94. The van der Waals surface area contributed by atoms with Crippen LogP contribution in [0.2, 0.25) is 0 Å². The molecule has 0 aromatic carbocycles. The normalized spacial score (nSPS) is 37.3. The minimum absolute atomic E-state index is 0.452. The Bertz CT molecular complexity index is 454. The van der Waals surface area contributed by atoms with Crippen LogP contribution in [0, 0.1) is 16.7 Å². The van der Waals surface area contributed by atoms with Crippen LogP contribution in [0.1, 0.15) is 44.9 Å². The number of nitrogen functional groups attached to an aromatic ring is 1. The van der Waals surface area contributed by atoms with Crippen molar-refractivity contribution < 1.29 is 0 Å². The van der Waals surface area contributed by atoms with Crippen molar-refractivity contribution in [2.24, 2.45) is 16.7 Å². The molecule has 2 fully saturated rings. The van der Waals surface area contributed by atoms with Gasteiger partial charge in [-0.1, -0.05) is 20.8 Å². The second-order valence-corrected chi connectivity index (χ2v) is 7.86.